The molecule has 170 valence electrons. The minimum atomic E-state index is -0.790. The van der Waals surface area contributed by atoms with E-state index in [2.05, 4.69) is 9.89 Å². The summed E-state index contributed by atoms with van der Waals surface area (Å²) in [4.78, 5) is 32.4. The molecule has 2 atom stereocenters. The van der Waals surface area contributed by atoms with Crippen molar-refractivity contribution in [1.82, 2.24) is 4.90 Å². The van der Waals surface area contributed by atoms with Crippen molar-refractivity contribution < 1.29 is 23.8 Å². The predicted octanol–water partition coefficient (Wildman–Crippen LogP) is 3.47. The van der Waals surface area contributed by atoms with Crippen LogP contribution in [0.5, 0.6) is 0 Å². The van der Waals surface area contributed by atoms with E-state index in [1.54, 1.807) is 32.0 Å². The Balaban J connectivity index is 2.51. The third-order valence-corrected chi connectivity index (χ3v) is 5.38. The lowest BCUT2D eigenvalue weighted by Crippen LogP contribution is -2.37. The molecule has 1 heterocycles. The van der Waals surface area contributed by atoms with Gasteiger partial charge in [0.25, 0.3) is 0 Å². The number of hydrogen-bond acceptors (Lipinski definition) is 7. The first-order valence-electron chi connectivity index (χ1n) is 10.3. The molecule has 0 amide bonds. The lowest BCUT2D eigenvalue weighted by atomic mass is 9.75. The number of aliphatic imine (C=N–C) groups is 1. The number of ether oxygens (including phenoxy) is 3. The second-order valence-electron chi connectivity index (χ2n) is 7.54. The predicted molar refractivity (Wildman–Crippen MR) is 120 cm³/mol. The number of hydrogen-bond donors (Lipinski definition) is 0. The molecule has 0 saturated heterocycles. The highest BCUT2D eigenvalue weighted by atomic mass is 35.5. The molecule has 0 bridgehead atoms. The van der Waals surface area contributed by atoms with Gasteiger partial charge in [-0.15, -0.1) is 0 Å². The van der Waals surface area contributed by atoms with Crippen LogP contribution in [0.15, 0.2) is 40.5 Å². The van der Waals surface area contributed by atoms with Crippen LogP contribution in [0.2, 0.25) is 5.02 Å². The van der Waals surface area contributed by atoms with Crippen LogP contribution in [-0.2, 0) is 23.8 Å². The Kier molecular flexibility index (Phi) is 9.68. The second-order valence-corrected chi connectivity index (χ2v) is 7.95. The maximum Gasteiger partial charge on any atom is 0.336 e. The number of esters is 2. The minimum Gasteiger partial charge on any atom is -0.468 e. The molecule has 1 aliphatic rings. The SMILES string of the molecule is CCOC(=O)C1=C(COCCCN(C)C)N=C(C)C(C(=O)OC)C1c1ccccc1Cl. The second kappa shape index (κ2) is 12.0. The van der Waals surface area contributed by atoms with Crippen LogP contribution in [0.25, 0.3) is 0 Å². The van der Waals surface area contributed by atoms with Crippen LogP contribution in [0.1, 0.15) is 31.7 Å². The van der Waals surface area contributed by atoms with Gasteiger partial charge in [0.15, 0.2) is 0 Å². The first-order valence-corrected chi connectivity index (χ1v) is 10.7. The maximum atomic E-state index is 13.0. The maximum absolute atomic E-state index is 13.0. The fraction of sp³-hybridized carbons (Fsp3) is 0.522. The Morgan fingerprint density at radius 3 is 2.55 bits per heavy atom. The van der Waals surface area contributed by atoms with Crippen LogP contribution < -0.4 is 0 Å². The van der Waals surface area contributed by atoms with E-state index >= 15 is 0 Å². The molecule has 0 radical (unpaired) electrons. The minimum absolute atomic E-state index is 0.133. The summed E-state index contributed by atoms with van der Waals surface area (Å²) in [5, 5.41) is 0.448. The zero-order valence-electron chi connectivity index (χ0n) is 18.8. The van der Waals surface area contributed by atoms with Crippen LogP contribution >= 0.6 is 11.6 Å². The van der Waals surface area contributed by atoms with Gasteiger partial charge in [0.2, 0.25) is 0 Å². The molecule has 2 rings (SSSR count). The molecule has 0 spiro atoms. The standard InChI is InChI=1S/C23H31ClN2O5/c1-6-31-23(28)21-18(14-30-13-9-12-26(3)4)25-15(2)19(22(27)29-5)20(21)16-10-7-8-11-17(16)24/h7-8,10-11,19-20H,6,9,12-14H2,1-5H3. The van der Waals surface area contributed by atoms with Crippen LogP contribution in [0.3, 0.4) is 0 Å². The van der Waals surface area contributed by atoms with E-state index < -0.39 is 23.8 Å². The number of halogens is 1. The van der Waals surface area contributed by atoms with Gasteiger partial charge >= 0.3 is 11.9 Å². The number of nitrogens with zero attached hydrogens (tertiary/aromatic N) is 2. The van der Waals surface area contributed by atoms with E-state index in [1.165, 1.54) is 7.11 Å². The Morgan fingerprint density at radius 1 is 1.23 bits per heavy atom. The van der Waals surface area contributed by atoms with Crippen LogP contribution in [-0.4, -0.2) is 70.1 Å². The van der Waals surface area contributed by atoms with Gasteiger partial charge in [0.1, 0.15) is 5.92 Å². The normalized spacial score (nSPS) is 18.7. The van der Waals surface area contributed by atoms with Gasteiger partial charge in [-0.3, -0.25) is 9.79 Å². The highest BCUT2D eigenvalue weighted by Gasteiger charge is 2.43. The van der Waals surface area contributed by atoms with Crippen molar-refractivity contribution in [3.05, 3.63) is 46.1 Å². The third-order valence-electron chi connectivity index (χ3n) is 5.04. The molecule has 1 aromatic carbocycles. The molecule has 8 heteroatoms. The molecule has 31 heavy (non-hydrogen) atoms. The van der Waals surface area contributed by atoms with Gasteiger partial charge < -0.3 is 19.1 Å². The van der Waals surface area contributed by atoms with E-state index in [0.717, 1.165) is 13.0 Å². The highest BCUT2D eigenvalue weighted by molar-refractivity contribution is 6.31. The molecule has 0 aliphatic carbocycles. The molecular formula is C23H31ClN2O5. The summed E-state index contributed by atoms with van der Waals surface area (Å²) in [7, 11) is 5.31. The zero-order chi connectivity index (χ0) is 23.0. The Labute approximate surface area is 189 Å². The summed E-state index contributed by atoms with van der Waals surface area (Å²) >= 11 is 6.49. The van der Waals surface area contributed by atoms with Crippen molar-refractivity contribution in [1.29, 1.82) is 0 Å². The molecule has 0 aromatic heterocycles. The largest absolute Gasteiger partial charge is 0.468 e. The smallest absolute Gasteiger partial charge is 0.336 e. The first-order chi connectivity index (χ1) is 14.8. The van der Waals surface area contributed by atoms with Gasteiger partial charge in [-0.2, -0.15) is 0 Å². The monoisotopic (exact) mass is 450 g/mol. The zero-order valence-corrected chi connectivity index (χ0v) is 19.6. The average molecular weight is 451 g/mol. The summed E-state index contributed by atoms with van der Waals surface area (Å²) < 4.78 is 16.2. The summed E-state index contributed by atoms with van der Waals surface area (Å²) in [6, 6.07) is 7.14. The van der Waals surface area contributed by atoms with Gasteiger partial charge in [0, 0.05) is 23.3 Å². The number of benzene rings is 1. The van der Waals surface area contributed by atoms with Crippen molar-refractivity contribution >= 4 is 29.3 Å². The van der Waals surface area contributed by atoms with E-state index in [-0.39, 0.29) is 18.8 Å². The van der Waals surface area contributed by atoms with Crippen molar-refractivity contribution in [3.63, 3.8) is 0 Å². The van der Waals surface area contributed by atoms with Crippen LogP contribution in [0.4, 0.5) is 0 Å². The molecule has 1 aliphatic heterocycles. The number of carbonyl (C=O) groups is 2. The summed E-state index contributed by atoms with van der Waals surface area (Å²) in [5.41, 5.74) is 1.91. The quantitative estimate of drug-likeness (QED) is 0.401. The lowest BCUT2D eigenvalue weighted by Gasteiger charge is -2.32. The Hall–Kier alpha value is -2.22. The summed E-state index contributed by atoms with van der Waals surface area (Å²) in [6.07, 6.45) is 0.844. The van der Waals surface area contributed by atoms with Gasteiger partial charge in [-0.1, -0.05) is 29.8 Å². The molecule has 1 aromatic rings. The van der Waals surface area contributed by atoms with E-state index in [1.807, 2.05) is 20.2 Å². The summed E-state index contributed by atoms with van der Waals surface area (Å²) in [5.74, 6) is -2.50. The first kappa shape index (κ1) is 25.0. The number of rotatable bonds is 10. The number of methoxy groups -OCH3 is 1. The number of carbonyl (C=O) groups excluding carboxylic acids is 2. The van der Waals surface area contributed by atoms with Crippen LogP contribution in [0, 0.1) is 5.92 Å². The topological polar surface area (TPSA) is 77.4 Å². The van der Waals surface area contributed by atoms with Crippen molar-refractivity contribution in [2.75, 3.05) is 47.6 Å². The van der Waals surface area contributed by atoms with Gasteiger partial charge in [-0.25, -0.2) is 4.79 Å². The molecular weight excluding hydrogens is 420 g/mol. The average Bonchev–Trinajstić information content (AvgIpc) is 2.72. The van der Waals surface area contributed by atoms with E-state index in [0.29, 0.717) is 28.6 Å². The molecule has 2 unspecified atom stereocenters. The fourth-order valence-corrected chi connectivity index (χ4v) is 3.89. The van der Waals surface area contributed by atoms with Crippen molar-refractivity contribution in [2.24, 2.45) is 10.9 Å². The molecule has 0 fully saturated rings. The van der Waals surface area contributed by atoms with E-state index in [4.69, 9.17) is 25.8 Å². The Morgan fingerprint density at radius 2 is 1.94 bits per heavy atom. The highest BCUT2D eigenvalue weighted by Crippen LogP contribution is 2.42. The Bertz CT molecular complexity index is 850. The lowest BCUT2D eigenvalue weighted by molar-refractivity contribution is -0.144. The van der Waals surface area contributed by atoms with Gasteiger partial charge in [0.05, 0.1) is 31.6 Å². The van der Waals surface area contributed by atoms with Crippen molar-refractivity contribution in [2.45, 2.75) is 26.2 Å². The molecule has 0 N–H and O–H groups in total. The fourth-order valence-electron chi connectivity index (χ4n) is 3.64. The molecule has 0 saturated carbocycles. The molecule has 7 nitrogen and oxygen atoms in total. The van der Waals surface area contributed by atoms with E-state index in [9.17, 15) is 9.59 Å². The van der Waals surface area contributed by atoms with Crippen molar-refractivity contribution in [3.8, 4) is 0 Å². The third kappa shape index (κ3) is 6.38. The van der Waals surface area contributed by atoms with Gasteiger partial charge in [-0.05, 0) is 52.5 Å². The summed E-state index contributed by atoms with van der Waals surface area (Å²) in [6.45, 7) is 5.21.